The fourth-order valence-electron chi connectivity index (χ4n) is 3.39. The number of hydrogen-bond donors (Lipinski definition) is 2. The molecule has 0 saturated heterocycles. The molecule has 0 amide bonds. The number of aliphatic hydroxyl groups is 1. The SMILES string of the molecule is CCc1noc(C)c1CN[C@H]1CCCC[C@H]1n1cc(CO)nn1. The van der Waals surface area contributed by atoms with Crippen LogP contribution in [0.5, 0.6) is 0 Å². The lowest BCUT2D eigenvalue weighted by atomic mass is 9.90. The summed E-state index contributed by atoms with van der Waals surface area (Å²) in [7, 11) is 0. The first kappa shape index (κ1) is 16.1. The summed E-state index contributed by atoms with van der Waals surface area (Å²) in [6.07, 6.45) is 7.35. The van der Waals surface area contributed by atoms with Crippen molar-refractivity contribution in [2.45, 2.75) is 71.2 Å². The number of nitrogens with zero attached hydrogens (tertiary/aromatic N) is 4. The van der Waals surface area contributed by atoms with Crippen molar-refractivity contribution in [3.63, 3.8) is 0 Å². The molecule has 2 heterocycles. The molecule has 7 nitrogen and oxygen atoms in total. The van der Waals surface area contributed by atoms with Gasteiger partial charge in [0, 0.05) is 18.2 Å². The summed E-state index contributed by atoms with van der Waals surface area (Å²) in [6, 6.07) is 0.623. The first-order chi connectivity index (χ1) is 11.2. The van der Waals surface area contributed by atoms with Crippen LogP contribution in [0.3, 0.4) is 0 Å². The van der Waals surface area contributed by atoms with Crippen molar-refractivity contribution < 1.29 is 9.63 Å². The number of hydrogen-bond acceptors (Lipinski definition) is 6. The summed E-state index contributed by atoms with van der Waals surface area (Å²) in [5, 5.41) is 25.2. The van der Waals surface area contributed by atoms with E-state index < -0.39 is 0 Å². The van der Waals surface area contributed by atoms with Crippen LogP contribution in [0.15, 0.2) is 10.7 Å². The third-order valence-corrected chi connectivity index (χ3v) is 4.73. The average molecular weight is 319 g/mol. The smallest absolute Gasteiger partial charge is 0.138 e. The van der Waals surface area contributed by atoms with Gasteiger partial charge in [0.2, 0.25) is 0 Å². The van der Waals surface area contributed by atoms with E-state index in [1.165, 1.54) is 18.4 Å². The minimum absolute atomic E-state index is 0.0649. The topological polar surface area (TPSA) is 89.0 Å². The molecule has 0 spiro atoms. The molecule has 2 N–H and O–H groups in total. The standard InChI is InChI=1S/C16H25N5O2/c1-3-14-13(11(2)23-19-14)8-17-15-6-4-5-7-16(15)21-9-12(10-22)18-20-21/h9,15-17,22H,3-8,10H2,1-2H3/t15-,16+/m0/s1. The van der Waals surface area contributed by atoms with Gasteiger partial charge in [-0.1, -0.05) is 30.1 Å². The maximum absolute atomic E-state index is 9.18. The minimum Gasteiger partial charge on any atom is -0.390 e. The highest BCUT2D eigenvalue weighted by Gasteiger charge is 2.28. The van der Waals surface area contributed by atoms with E-state index >= 15 is 0 Å². The monoisotopic (exact) mass is 319 g/mol. The molecule has 126 valence electrons. The second-order valence-corrected chi connectivity index (χ2v) is 6.20. The van der Waals surface area contributed by atoms with E-state index in [4.69, 9.17) is 4.52 Å². The molecule has 0 aliphatic heterocycles. The fourth-order valence-corrected chi connectivity index (χ4v) is 3.39. The summed E-state index contributed by atoms with van der Waals surface area (Å²) >= 11 is 0. The molecule has 0 unspecified atom stereocenters. The number of aliphatic hydroxyl groups excluding tert-OH is 1. The van der Waals surface area contributed by atoms with Crippen LogP contribution in [0.4, 0.5) is 0 Å². The highest BCUT2D eigenvalue weighted by Crippen LogP contribution is 2.29. The second kappa shape index (κ2) is 7.23. The Morgan fingerprint density at radius 3 is 2.96 bits per heavy atom. The van der Waals surface area contributed by atoms with Crippen LogP contribution < -0.4 is 5.32 Å². The van der Waals surface area contributed by atoms with E-state index in [0.717, 1.165) is 37.3 Å². The zero-order valence-electron chi connectivity index (χ0n) is 13.8. The molecule has 1 saturated carbocycles. The Balaban J connectivity index is 1.70. The Bertz CT molecular complexity index is 636. The Morgan fingerprint density at radius 2 is 2.22 bits per heavy atom. The van der Waals surface area contributed by atoms with Gasteiger partial charge >= 0.3 is 0 Å². The van der Waals surface area contributed by atoms with Gasteiger partial charge in [-0.3, -0.25) is 0 Å². The molecule has 1 fully saturated rings. The Labute approximate surface area is 136 Å². The van der Waals surface area contributed by atoms with Gasteiger partial charge in [-0.25, -0.2) is 4.68 Å². The van der Waals surface area contributed by atoms with Crippen molar-refractivity contribution in [2.75, 3.05) is 0 Å². The maximum Gasteiger partial charge on any atom is 0.138 e. The fraction of sp³-hybridized carbons (Fsp3) is 0.688. The zero-order chi connectivity index (χ0) is 16.2. The molecule has 3 rings (SSSR count). The summed E-state index contributed by atoms with van der Waals surface area (Å²) in [5.41, 5.74) is 2.83. The van der Waals surface area contributed by atoms with E-state index in [0.29, 0.717) is 11.7 Å². The average Bonchev–Trinajstić information content (AvgIpc) is 3.19. The van der Waals surface area contributed by atoms with Crippen LogP contribution in [-0.2, 0) is 19.6 Å². The molecule has 1 aliphatic rings. The molecule has 0 bridgehead atoms. The lowest BCUT2D eigenvalue weighted by Crippen LogP contribution is -2.40. The zero-order valence-corrected chi connectivity index (χ0v) is 13.8. The molecule has 7 heteroatoms. The van der Waals surface area contributed by atoms with Crippen LogP contribution >= 0.6 is 0 Å². The molecule has 2 aromatic heterocycles. The Morgan fingerprint density at radius 1 is 1.39 bits per heavy atom. The van der Waals surface area contributed by atoms with Crippen LogP contribution in [0.25, 0.3) is 0 Å². The molecule has 0 radical (unpaired) electrons. The van der Waals surface area contributed by atoms with Crippen molar-refractivity contribution in [1.29, 1.82) is 0 Å². The van der Waals surface area contributed by atoms with Crippen molar-refractivity contribution in [3.8, 4) is 0 Å². The van der Waals surface area contributed by atoms with E-state index in [2.05, 4.69) is 27.7 Å². The van der Waals surface area contributed by atoms with Gasteiger partial charge in [-0.05, 0) is 26.2 Å². The first-order valence-corrected chi connectivity index (χ1v) is 8.42. The summed E-state index contributed by atoms with van der Waals surface area (Å²) in [6.45, 7) is 4.76. The van der Waals surface area contributed by atoms with Gasteiger partial charge in [0.1, 0.15) is 11.5 Å². The summed E-state index contributed by atoms with van der Waals surface area (Å²) < 4.78 is 7.22. The third-order valence-electron chi connectivity index (χ3n) is 4.73. The quantitative estimate of drug-likeness (QED) is 0.845. The number of nitrogens with one attached hydrogen (secondary N) is 1. The molecule has 2 aromatic rings. The van der Waals surface area contributed by atoms with E-state index in [1.807, 2.05) is 17.8 Å². The third kappa shape index (κ3) is 3.45. The normalized spacial score (nSPS) is 21.7. The van der Waals surface area contributed by atoms with E-state index in [9.17, 15) is 5.11 Å². The molecule has 23 heavy (non-hydrogen) atoms. The van der Waals surface area contributed by atoms with Gasteiger partial charge in [-0.2, -0.15) is 0 Å². The van der Waals surface area contributed by atoms with Crippen molar-refractivity contribution in [3.05, 3.63) is 28.9 Å². The maximum atomic E-state index is 9.18. The van der Waals surface area contributed by atoms with Crippen molar-refractivity contribution in [2.24, 2.45) is 0 Å². The van der Waals surface area contributed by atoms with Crippen molar-refractivity contribution in [1.82, 2.24) is 25.5 Å². The Hall–Kier alpha value is -1.73. The molecular formula is C16H25N5O2. The van der Waals surface area contributed by atoms with E-state index in [-0.39, 0.29) is 12.6 Å². The van der Waals surface area contributed by atoms with Crippen molar-refractivity contribution >= 4 is 0 Å². The summed E-state index contributed by atoms with van der Waals surface area (Å²) in [5.74, 6) is 0.894. The second-order valence-electron chi connectivity index (χ2n) is 6.20. The van der Waals surface area contributed by atoms with Gasteiger partial charge in [0.05, 0.1) is 24.5 Å². The minimum atomic E-state index is -0.0649. The van der Waals surface area contributed by atoms with Crippen LogP contribution in [0, 0.1) is 6.92 Å². The lowest BCUT2D eigenvalue weighted by molar-refractivity contribution is 0.242. The predicted molar refractivity (Wildman–Crippen MR) is 84.7 cm³/mol. The molecule has 2 atom stereocenters. The molecular weight excluding hydrogens is 294 g/mol. The largest absolute Gasteiger partial charge is 0.390 e. The van der Waals surface area contributed by atoms with Gasteiger partial charge in [0.25, 0.3) is 0 Å². The summed E-state index contributed by atoms with van der Waals surface area (Å²) in [4.78, 5) is 0. The highest BCUT2D eigenvalue weighted by molar-refractivity contribution is 5.22. The highest BCUT2D eigenvalue weighted by atomic mass is 16.5. The Kier molecular flexibility index (Phi) is 5.07. The van der Waals surface area contributed by atoms with Crippen LogP contribution in [-0.4, -0.2) is 31.3 Å². The van der Waals surface area contributed by atoms with Crippen LogP contribution in [0.1, 0.15) is 61.4 Å². The lowest BCUT2D eigenvalue weighted by Gasteiger charge is -2.32. The number of aryl methyl sites for hydroxylation is 2. The van der Waals surface area contributed by atoms with Gasteiger partial charge in [-0.15, -0.1) is 5.10 Å². The molecule has 0 aromatic carbocycles. The van der Waals surface area contributed by atoms with Gasteiger partial charge < -0.3 is 14.9 Å². The number of aromatic nitrogens is 4. The van der Waals surface area contributed by atoms with Crippen LogP contribution in [0.2, 0.25) is 0 Å². The first-order valence-electron chi connectivity index (χ1n) is 8.42. The number of rotatable bonds is 6. The predicted octanol–water partition coefficient (Wildman–Crippen LogP) is 1.90. The van der Waals surface area contributed by atoms with Gasteiger partial charge in [0.15, 0.2) is 0 Å². The molecule has 1 aliphatic carbocycles. The van der Waals surface area contributed by atoms with E-state index in [1.54, 1.807) is 0 Å².